The van der Waals surface area contributed by atoms with Crippen molar-refractivity contribution in [3.8, 4) is 17.1 Å². The second kappa shape index (κ2) is 5.40. The monoisotopic (exact) mass is 242 g/mol. The summed E-state index contributed by atoms with van der Waals surface area (Å²) in [4.78, 5) is 19.2. The Morgan fingerprint density at radius 3 is 2.83 bits per heavy atom. The van der Waals surface area contributed by atoms with Gasteiger partial charge in [-0.05, 0) is 19.9 Å². The Morgan fingerprint density at radius 1 is 1.28 bits per heavy atom. The van der Waals surface area contributed by atoms with Crippen molar-refractivity contribution < 1.29 is 9.53 Å². The summed E-state index contributed by atoms with van der Waals surface area (Å²) in [5, 5.41) is 0. The van der Waals surface area contributed by atoms with E-state index in [2.05, 4.69) is 9.97 Å². The van der Waals surface area contributed by atoms with Gasteiger partial charge in [0.1, 0.15) is 6.29 Å². The van der Waals surface area contributed by atoms with E-state index in [1.54, 1.807) is 24.5 Å². The van der Waals surface area contributed by atoms with Gasteiger partial charge in [0.05, 0.1) is 24.2 Å². The lowest BCUT2D eigenvalue weighted by Gasteiger charge is -2.09. The maximum Gasteiger partial charge on any atom is 0.233 e. The number of carbonyl (C=O) groups is 1. The second-order valence-electron chi connectivity index (χ2n) is 4.15. The highest BCUT2D eigenvalue weighted by atomic mass is 16.5. The van der Waals surface area contributed by atoms with Crippen LogP contribution in [0.1, 0.15) is 24.2 Å². The number of carbonyl (C=O) groups excluding carboxylic acids is 1. The summed E-state index contributed by atoms with van der Waals surface area (Å²) in [7, 11) is 0. The SMILES string of the molecule is CC(C)Oc1cncc(-c2cccc(C=O)c2)n1. The van der Waals surface area contributed by atoms with Crippen LogP contribution < -0.4 is 4.74 Å². The quantitative estimate of drug-likeness (QED) is 0.773. The van der Waals surface area contributed by atoms with Crippen molar-refractivity contribution in [1.29, 1.82) is 0 Å². The fourth-order valence-corrected chi connectivity index (χ4v) is 1.56. The molecule has 0 N–H and O–H groups in total. The predicted octanol–water partition coefficient (Wildman–Crippen LogP) is 2.74. The zero-order valence-electron chi connectivity index (χ0n) is 10.3. The number of rotatable bonds is 4. The first kappa shape index (κ1) is 12.2. The molecule has 0 atom stereocenters. The molecule has 4 nitrogen and oxygen atoms in total. The van der Waals surface area contributed by atoms with Crippen molar-refractivity contribution in [3.05, 3.63) is 42.2 Å². The lowest BCUT2D eigenvalue weighted by Crippen LogP contribution is -2.07. The van der Waals surface area contributed by atoms with Gasteiger partial charge in [-0.25, -0.2) is 4.98 Å². The molecule has 0 unspecified atom stereocenters. The Hall–Kier alpha value is -2.23. The van der Waals surface area contributed by atoms with Gasteiger partial charge < -0.3 is 4.74 Å². The number of nitrogens with zero attached hydrogens (tertiary/aromatic N) is 2. The molecular weight excluding hydrogens is 228 g/mol. The standard InChI is InChI=1S/C14H14N2O2/c1-10(2)18-14-8-15-7-13(16-14)12-5-3-4-11(6-12)9-17/h3-10H,1-2H3. The van der Waals surface area contributed by atoms with E-state index in [1.807, 2.05) is 26.0 Å². The first-order valence-electron chi connectivity index (χ1n) is 5.73. The molecule has 0 amide bonds. The molecule has 0 radical (unpaired) electrons. The van der Waals surface area contributed by atoms with Crippen LogP contribution >= 0.6 is 0 Å². The number of aromatic nitrogens is 2. The van der Waals surface area contributed by atoms with Crippen LogP contribution in [0.3, 0.4) is 0 Å². The maximum atomic E-state index is 10.7. The minimum Gasteiger partial charge on any atom is -0.474 e. The normalized spacial score (nSPS) is 10.4. The highest BCUT2D eigenvalue weighted by molar-refractivity contribution is 5.78. The van der Waals surface area contributed by atoms with Gasteiger partial charge in [-0.3, -0.25) is 9.78 Å². The summed E-state index contributed by atoms with van der Waals surface area (Å²) >= 11 is 0. The molecule has 0 aliphatic carbocycles. The Labute approximate surface area is 106 Å². The zero-order valence-corrected chi connectivity index (χ0v) is 10.3. The van der Waals surface area contributed by atoms with Crippen LogP contribution in [0.5, 0.6) is 5.88 Å². The minimum atomic E-state index is 0.0517. The number of benzene rings is 1. The molecular formula is C14H14N2O2. The first-order chi connectivity index (χ1) is 8.69. The fourth-order valence-electron chi connectivity index (χ4n) is 1.56. The van der Waals surface area contributed by atoms with Gasteiger partial charge in [-0.15, -0.1) is 0 Å². The van der Waals surface area contributed by atoms with Crippen LogP contribution in [0, 0.1) is 0 Å². The van der Waals surface area contributed by atoms with Gasteiger partial charge in [0.25, 0.3) is 0 Å². The van der Waals surface area contributed by atoms with Gasteiger partial charge in [0.2, 0.25) is 5.88 Å². The number of hydrogen-bond acceptors (Lipinski definition) is 4. The largest absolute Gasteiger partial charge is 0.474 e. The van der Waals surface area contributed by atoms with E-state index < -0.39 is 0 Å². The van der Waals surface area contributed by atoms with E-state index >= 15 is 0 Å². The summed E-state index contributed by atoms with van der Waals surface area (Å²) in [6, 6.07) is 7.22. The van der Waals surface area contributed by atoms with Crippen molar-refractivity contribution in [3.63, 3.8) is 0 Å². The fraction of sp³-hybridized carbons (Fsp3) is 0.214. The number of aldehydes is 1. The van der Waals surface area contributed by atoms with Crippen LogP contribution in [0.4, 0.5) is 0 Å². The Balaban J connectivity index is 2.34. The van der Waals surface area contributed by atoms with Crippen molar-refractivity contribution in [2.24, 2.45) is 0 Å². The van der Waals surface area contributed by atoms with E-state index in [0.29, 0.717) is 17.1 Å². The molecule has 92 valence electrons. The van der Waals surface area contributed by atoms with Crippen LogP contribution in [-0.4, -0.2) is 22.4 Å². The summed E-state index contributed by atoms with van der Waals surface area (Å²) in [6.45, 7) is 3.86. The third-order valence-electron chi connectivity index (χ3n) is 2.29. The topological polar surface area (TPSA) is 52.1 Å². The number of hydrogen-bond donors (Lipinski definition) is 0. The Bertz CT molecular complexity index is 553. The smallest absolute Gasteiger partial charge is 0.233 e. The molecule has 0 bridgehead atoms. The summed E-state index contributed by atoms with van der Waals surface area (Å²) in [5.41, 5.74) is 2.16. The molecule has 0 saturated carbocycles. The van der Waals surface area contributed by atoms with E-state index in [9.17, 15) is 4.79 Å². The van der Waals surface area contributed by atoms with Gasteiger partial charge in [0.15, 0.2) is 0 Å². The second-order valence-corrected chi connectivity index (χ2v) is 4.15. The van der Waals surface area contributed by atoms with Gasteiger partial charge in [-0.2, -0.15) is 0 Å². The highest BCUT2D eigenvalue weighted by Gasteiger charge is 2.05. The molecule has 1 aromatic heterocycles. The molecule has 0 spiro atoms. The van der Waals surface area contributed by atoms with Crippen molar-refractivity contribution >= 4 is 6.29 Å². The molecule has 1 heterocycles. The molecule has 0 saturated heterocycles. The molecule has 4 heteroatoms. The molecule has 0 aliphatic heterocycles. The van der Waals surface area contributed by atoms with Crippen molar-refractivity contribution in [2.75, 3.05) is 0 Å². The Morgan fingerprint density at radius 2 is 2.11 bits per heavy atom. The summed E-state index contributed by atoms with van der Waals surface area (Å²) in [5.74, 6) is 0.485. The van der Waals surface area contributed by atoms with Gasteiger partial charge in [-0.1, -0.05) is 18.2 Å². The van der Waals surface area contributed by atoms with Gasteiger partial charge in [0, 0.05) is 11.1 Å². The molecule has 2 rings (SSSR count). The van der Waals surface area contributed by atoms with Crippen molar-refractivity contribution in [1.82, 2.24) is 9.97 Å². The molecule has 2 aromatic rings. The first-order valence-corrected chi connectivity index (χ1v) is 5.73. The van der Waals surface area contributed by atoms with Crippen LogP contribution in [-0.2, 0) is 0 Å². The zero-order chi connectivity index (χ0) is 13.0. The summed E-state index contributed by atoms with van der Waals surface area (Å²) in [6.07, 6.45) is 4.09. The van der Waals surface area contributed by atoms with Crippen LogP contribution in [0.25, 0.3) is 11.3 Å². The van der Waals surface area contributed by atoms with E-state index in [4.69, 9.17) is 4.74 Å². The van der Waals surface area contributed by atoms with Crippen LogP contribution in [0.2, 0.25) is 0 Å². The average molecular weight is 242 g/mol. The number of ether oxygens (including phenoxy) is 1. The molecule has 1 aromatic carbocycles. The lowest BCUT2D eigenvalue weighted by atomic mass is 10.1. The molecule has 18 heavy (non-hydrogen) atoms. The van der Waals surface area contributed by atoms with Crippen LogP contribution in [0.15, 0.2) is 36.7 Å². The average Bonchev–Trinajstić information content (AvgIpc) is 2.38. The third kappa shape index (κ3) is 2.91. The third-order valence-corrected chi connectivity index (χ3v) is 2.29. The van der Waals surface area contributed by atoms with E-state index in [0.717, 1.165) is 11.8 Å². The summed E-state index contributed by atoms with van der Waals surface area (Å²) < 4.78 is 5.49. The Kier molecular flexibility index (Phi) is 3.67. The van der Waals surface area contributed by atoms with E-state index in [-0.39, 0.29) is 6.10 Å². The molecule has 0 aliphatic rings. The highest BCUT2D eigenvalue weighted by Crippen LogP contribution is 2.19. The minimum absolute atomic E-state index is 0.0517. The van der Waals surface area contributed by atoms with Gasteiger partial charge >= 0.3 is 0 Å². The van der Waals surface area contributed by atoms with Crippen molar-refractivity contribution in [2.45, 2.75) is 20.0 Å². The predicted molar refractivity (Wildman–Crippen MR) is 68.6 cm³/mol. The lowest BCUT2D eigenvalue weighted by molar-refractivity contribution is 0.112. The molecule has 0 fully saturated rings. The van der Waals surface area contributed by atoms with E-state index in [1.165, 1.54) is 0 Å². The maximum absolute atomic E-state index is 10.7.